The fourth-order valence-corrected chi connectivity index (χ4v) is 3.24. The van der Waals surface area contributed by atoms with Crippen LogP contribution in [0.2, 0.25) is 0 Å². The van der Waals surface area contributed by atoms with Crippen molar-refractivity contribution in [3.8, 4) is 5.82 Å². The first-order chi connectivity index (χ1) is 12.5. The van der Waals surface area contributed by atoms with E-state index in [-0.39, 0.29) is 11.7 Å². The Labute approximate surface area is 158 Å². The van der Waals surface area contributed by atoms with Crippen molar-refractivity contribution in [2.75, 3.05) is 5.32 Å². The number of hydrogen-bond donors (Lipinski definition) is 1. The molecule has 1 aromatic carbocycles. The Balaban J connectivity index is 1.55. The minimum Gasteiger partial charge on any atom is -0.450 e. The summed E-state index contributed by atoms with van der Waals surface area (Å²) in [5.74, 6) is 0.615. The van der Waals surface area contributed by atoms with E-state index in [2.05, 4.69) is 31.3 Å². The number of nitrogens with zero attached hydrogens (tertiary/aromatic N) is 3. The van der Waals surface area contributed by atoms with E-state index in [1.165, 1.54) is 0 Å². The Hall–Kier alpha value is -2.93. The molecule has 7 heteroatoms. The highest BCUT2D eigenvalue weighted by molar-refractivity contribution is 9.10. The molecule has 0 spiro atoms. The van der Waals surface area contributed by atoms with Crippen molar-refractivity contribution in [3.63, 3.8) is 0 Å². The summed E-state index contributed by atoms with van der Waals surface area (Å²) in [5.41, 5.74) is 3.16. The van der Waals surface area contributed by atoms with Crippen molar-refractivity contribution in [1.29, 1.82) is 0 Å². The maximum absolute atomic E-state index is 12.4. The molecule has 4 aromatic rings. The molecule has 0 aliphatic heterocycles. The largest absolute Gasteiger partial charge is 0.450 e. The molecule has 1 N–H and O–H groups in total. The van der Waals surface area contributed by atoms with Crippen molar-refractivity contribution in [2.24, 2.45) is 0 Å². The second-order valence-corrected chi connectivity index (χ2v) is 6.82. The van der Waals surface area contributed by atoms with Gasteiger partial charge in [-0.1, -0.05) is 12.1 Å². The summed E-state index contributed by atoms with van der Waals surface area (Å²) in [6, 6.07) is 13.0. The van der Waals surface area contributed by atoms with Gasteiger partial charge >= 0.3 is 0 Å². The fourth-order valence-electron chi connectivity index (χ4n) is 2.78. The van der Waals surface area contributed by atoms with Crippen LogP contribution in [0.5, 0.6) is 0 Å². The van der Waals surface area contributed by atoms with Crippen LogP contribution in [0.4, 0.5) is 5.69 Å². The highest BCUT2D eigenvalue weighted by atomic mass is 79.9. The molecule has 6 nitrogen and oxygen atoms in total. The maximum atomic E-state index is 12.4. The van der Waals surface area contributed by atoms with Gasteiger partial charge in [-0.05, 0) is 60.1 Å². The number of anilines is 1. The van der Waals surface area contributed by atoms with Gasteiger partial charge in [0, 0.05) is 11.1 Å². The van der Waals surface area contributed by atoms with Crippen molar-refractivity contribution in [3.05, 3.63) is 70.3 Å². The first-order valence-corrected chi connectivity index (χ1v) is 8.80. The molecule has 4 rings (SSSR count). The lowest BCUT2D eigenvalue weighted by molar-refractivity contribution is 0.0998. The molecule has 0 radical (unpaired) electrons. The predicted octanol–water partition coefficient (Wildman–Crippen LogP) is 4.65. The third kappa shape index (κ3) is 3.01. The van der Waals surface area contributed by atoms with Crippen LogP contribution in [0.1, 0.15) is 21.9 Å². The van der Waals surface area contributed by atoms with Gasteiger partial charge in [-0.2, -0.15) is 5.10 Å². The van der Waals surface area contributed by atoms with Crippen LogP contribution in [0.3, 0.4) is 0 Å². The first kappa shape index (κ1) is 16.5. The van der Waals surface area contributed by atoms with Crippen LogP contribution in [0.25, 0.3) is 16.8 Å². The topological polar surface area (TPSA) is 73.0 Å². The van der Waals surface area contributed by atoms with Crippen LogP contribution in [0, 0.1) is 13.8 Å². The quantitative estimate of drug-likeness (QED) is 0.533. The van der Waals surface area contributed by atoms with Gasteiger partial charge in [-0.15, -0.1) is 0 Å². The second-order valence-electron chi connectivity index (χ2n) is 5.97. The number of halogens is 1. The fraction of sp³-hybridized carbons (Fsp3) is 0.105. The number of pyridine rings is 1. The lowest BCUT2D eigenvalue weighted by Crippen LogP contribution is -2.11. The number of hydrogen-bond acceptors (Lipinski definition) is 4. The van der Waals surface area contributed by atoms with Gasteiger partial charge in [-0.3, -0.25) is 4.79 Å². The molecule has 3 heterocycles. The molecule has 0 saturated carbocycles. The monoisotopic (exact) mass is 410 g/mol. The van der Waals surface area contributed by atoms with Crippen LogP contribution >= 0.6 is 15.9 Å². The van der Waals surface area contributed by atoms with E-state index < -0.39 is 0 Å². The number of furan rings is 1. The Kier molecular flexibility index (Phi) is 4.08. The number of rotatable bonds is 3. The number of nitrogens with one attached hydrogen (secondary N) is 1. The van der Waals surface area contributed by atoms with Crippen LogP contribution < -0.4 is 5.32 Å². The van der Waals surface area contributed by atoms with Crippen molar-refractivity contribution in [2.45, 2.75) is 13.8 Å². The molecular formula is C19H15BrN4O2. The minimum absolute atomic E-state index is 0.245. The van der Waals surface area contributed by atoms with Crippen molar-refractivity contribution < 1.29 is 9.21 Å². The number of para-hydroxylation sites is 1. The van der Waals surface area contributed by atoms with Gasteiger partial charge in [0.05, 0.1) is 22.1 Å². The van der Waals surface area contributed by atoms with Gasteiger partial charge in [0.2, 0.25) is 0 Å². The zero-order chi connectivity index (χ0) is 18.3. The van der Waals surface area contributed by atoms with E-state index in [1.807, 2.05) is 44.2 Å². The summed E-state index contributed by atoms with van der Waals surface area (Å²) in [6.07, 6.45) is 1.60. The molecule has 0 unspecified atom stereocenters. The number of fused-ring (bicyclic) bond motifs is 1. The summed E-state index contributed by atoms with van der Waals surface area (Å²) in [6.45, 7) is 3.90. The highest BCUT2D eigenvalue weighted by Gasteiger charge is 2.14. The number of benzene rings is 1. The molecule has 1 amide bonds. The molecule has 0 bridgehead atoms. The van der Waals surface area contributed by atoms with Crippen molar-refractivity contribution in [1.82, 2.24) is 14.8 Å². The normalized spacial score (nSPS) is 11.0. The van der Waals surface area contributed by atoms with Gasteiger partial charge in [0.1, 0.15) is 5.58 Å². The number of aryl methyl sites for hydroxylation is 2. The Morgan fingerprint density at radius 3 is 2.69 bits per heavy atom. The summed E-state index contributed by atoms with van der Waals surface area (Å²) in [5, 5.41) is 8.06. The number of amides is 1. The van der Waals surface area contributed by atoms with E-state index in [1.54, 1.807) is 23.0 Å². The molecule has 0 aliphatic rings. The summed E-state index contributed by atoms with van der Waals surface area (Å²) in [7, 11) is 0. The first-order valence-electron chi connectivity index (χ1n) is 8.00. The van der Waals surface area contributed by atoms with Crippen LogP contribution in [0.15, 0.2) is 57.6 Å². The summed E-state index contributed by atoms with van der Waals surface area (Å²) < 4.78 is 8.22. The van der Waals surface area contributed by atoms with Gasteiger partial charge in [-0.25, -0.2) is 9.67 Å². The molecule has 0 fully saturated rings. The average molecular weight is 411 g/mol. The van der Waals surface area contributed by atoms with E-state index in [0.29, 0.717) is 17.1 Å². The standard InChI is InChI=1S/C19H15BrN4O2/c1-11-8-12(2)24(23-11)17-7-6-14(10-21-17)22-19(25)16-9-13-4-3-5-15(20)18(13)26-16/h3-10H,1-2H3,(H,22,25). The van der Waals surface area contributed by atoms with Crippen molar-refractivity contribution >= 4 is 38.5 Å². The van der Waals surface area contributed by atoms with E-state index in [0.717, 1.165) is 21.2 Å². The highest BCUT2D eigenvalue weighted by Crippen LogP contribution is 2.27. The Morgan fingerprint density at radius 2 is 2.04 bits per heavy atom. The van der Waals surface area contributed by atoms with E-state index >= 15 is 0 Å². The maximum Gasteiger partial charge on any atom is 0.291 e. The Bertz CT molecular complexity index is 1110. The van der Waals surface area contributed by atoms with E-state index in [4.69, 9.17) is 4.42 Å². The molecule has 0 saturated heterocycles. The average Bonchev–Trinajstić information content (AvgIpc) is 3.20. The second kappa shape index (κ2) is 6.42. The molecule has 0 atom stereocenters. The van der Waals surface area contributed by atoms with Gasteiger partial charge in [0.25, 0.3) is 5.91 Å². The summed E-state index contributed by atoms with van der Waals surface area (Å²) >= 11 is 3.42. The third-order valence-electron chi connectivity index (χ3n) is 3.95. The number of aromatic nitrogens is 3. The number of carbonyl (C=O) groups is 1. The lowest BCUT2D eigenvalue weighted by Gasteiger charge is -2.06. The predicted molar refractivity (Wildman–Crippen MR) is 103 cm³/mol. The summed E-state index contributed by atoms with van der Waals surface area (Å²) in [4.78, 5) is 16.8. The molecule has 26 heavy (non-hydrogen) atoms. The van der Waals surface area contributed by atoms with E-state index in [9.17, 15) is 4.79 Å². The lowest BCUT2D eigenvalue weighted by atomic mass is 10.2. The molecule has 0 aliphatic carbocycles. The van der Waals surface area contributed by atoms with Crippen LogP contribution in [-0.2, 0) is 0 Å². The third-order valence-corrected chi connectivity index (χ3v) is 4.58. The minimum atomic E-state index is -0.325. The van der Waals surface area contributed by atoms with Gasteiger partial charge < -0.3 is 9.73 Å². The molecule has 3 aromatic heterocycles. The number of carbonyl (C=O) groups excluding carboxylic acids is 1. The smallest absolute Gasteiger partial charge is 0.291 e. The molecular weight excluding hydrogens is 396 g/mol. The zero-order valence-electron chi connectivity index (χ0n) is 14.2. The zero-order valence-corrected chi connectivity index (χ0v) is 15.7. The molecule has 130 valence electrons. The van der Waals surface area contributed by atoms with Gasteiger partial charge in [0.15, 0.2) is 11.6 Å². The van der Waals surface area contributed by atoms with Crippen LogP contribution in [-0.4, -0.2) is 20.7 Å². The Morgan fingerprint density at radius 1 is 1.19 bits per heavy atom. The SMILES string of the molecule is Cc1cc(C)n(-c2ccc(NC(=O)c3cc4cccc(Br)c4o3)cn2)n1.